The summed E-state index contributed by atoms with van der Waals surface area (Å²) in [4.78, 5) is 0. The van der Waals surface area contributed by atoms with Gasteiger partial charge in [-0.15, -0.1) is 0 Å². The lowest BCUT2D eigenvalue weighted by atomic mass is 9.64. The summed E-state index contributed by atoms with van der Waals surface area (Å²) >= 11 is 0. The van der Waals surface area contributed by atoms with E-state index in [1.807, 2.05) is 11.7 Å². The molecule has 2 rings (SSSR count). The van der Waals surface area contributed by atoms with Crippen molar-refractivity contribution in [1.82, 2.24) is 9.78 Å². The number of nitrogen functional groups attached to an aromatic ring is 1. The van der Waals surface area contributed by atoms with E-state index >= 15 is 0 Å². The van der Waals surface area contributed by atoms with Gasteiger partial charge in [0.1, 0.15) is 0 Å². The normalized spacial score (nSPS) is 19.8. The van der Waals surface area contributed by atoms with Crippen molar-refractivity contribution in [2.45, 2.75) is 38.0 Å². The van der Waals surface area contributed by atoms with Crippen molar-refractivity contribution in [2.24, 2.45) is 7.05 Å². The quantitative estimate of drug-likeness (QED) is 0.752. The molecule has 2 N–H and O–H groups in total. The minimum atomic E-state index is 0.343. The highest BCUT2D eigenvalue weighted by molar-refractivity contribution is 5.46. The highest BCUT2D eigenvalue weighted by Crippen LogP contribution is 2.47. The molecule has 3 nitrogen and oxygen atoms in total. The molecular formula is C10H17N3. The largest absolute Gasteiger partial charge is 0.396 e. The van der Waals surface area contributed by atoms with Crippen molar-refractivity contribution in [2.75, 3.05) is 5.73 Å². The second kappa shape index (κ2) is 2.76. The van der Waals surface area contributed by atoms with Crippen LogP contribution in [0.4, 0.5) is 5.69 Å². The third kappa shape index (κ3) is 1.06. The van der Waals surface area contributed by atoms with Crippen LogP contribution in [0.15, 0.2) is 6.20 Å². The second-order valence-corrected chi connectivity index (χ2v) is 4.06. The fourth-order valence-corrected chi connectivity index (χ4v) is 2.47. The molecule has 0 aromatic carbocycles. The smallest absolute Gasteiger partial charge is 0.0738 e. The van der Waals surface area contributed by atoms with Crippen LogP contribution in [0.1, 0.15) is 38.3 Å². The van der Waals surface area contributed by atoms with Gasteiger partial charge in [0.15, 0.2) is 0 Å². The summed E-state index contributed by atoms with van der Waals surface area (Å²) in [6.07, 6.45) is 6.82. The maximum atomic E-state index is 5.93. The van der Waals surface area contributed by atoms with Gasteiger partial charge in [-0.25, -0.2) is 0 Å². The van der Waals surface area contributed by atoms with E-state index in [0.717, 1.165) is 5.69 Å². The first-order chi connectivity index (χ1) is 6.19. The van der Waals surface area contributed by atoms with Crippen LogP contribution in [0.5, 0.6) is 0 Å². The van der Waals surface area contributed by atoms with Gasteiger partial charge in [0.25, 0.3) is 0 Å². The molecule has 1 saturated carbocycles. The lowest BCUT2D eigenvalue weighted by Gasteiger charge is -2.41. The summed E-state index contributed by atoms with van der Waals surface area (Å²) in [5, 5.41) is 4.20. The van der Waals surface area contributed by atoms with Crippen LogP contribution in [0.3, 0.4) is 0 Å². The molecule has 0 amide bonds. The fourth-order valence-electron chi connectivity index (χ4n) is 2.47. The molecule has 1 aliphatic carbocycles. The highest BCUT2D eigenvalue weighted by Gasteiger charge is 2.40. The van der Waals surface area contributed by atoms with Crippen LogP contribution in [0, 0.1) is 0 Å². The Labute approximate surface area is 78.9 Å². The lowest BCUT2D eigenvalue weighted by Crippen LogP contribution is -2.36. The summed E-state index contributed by atoms with van der Waals surface area (Å²) in [6, 6.07) is 0. The minimum absolute atomic E-state index is 0.343. The van der Waals surface area contributed by atoms with Gasteiger partial charge in [0, 0.05) is 12.5 Å². The van der Waals surface area contributed by atoms with E-state index in [4.69, 9.17) is 5.73 Å². The topological polar surface area (TPSA) is 43.8 Å². The summed E-state index contributed by atoms with van der Waals surface area (Å²) < 4.78 is 1.94. The van der Waals surface area contributed by atoms with Crippen molar-refractivity contribution in [1.29, 1.82) is 0 Å². The van der Waals surface area contributed by atoms with Crippen LogP contribution in [-0.2, 0) is 12.5 Å². The van der Waals surface area contributed by atoms with Crippen molar-refractivity contribution < 1.29 is 0 Å². The summed E-state index contributed by atoms with van der Waals surface area (Å²) in [5.74, 6) is 0. The Morgan fingerprint density at radius 2 is 2.31 bits per heavy atom. The average molecular weight is 179 g/mol. The summed E-state index contributed by atoms with van der Waals surface area (Å²) in [6.45, 7) is 2.24. The van der Waals surface area contributed by atoms with E-state index in [1.54, 1.807) is 6.20 Å². The molecule has 0 radical (unpaired) electrons. The molecule has 72 valence electrons. The Kier molecular flexibility index (Phi) is 1.82. The van der Waals surface area contributed by atoms with Gasteiger partial charge in [0.05, 0.1) is 17.6 Å². The number of nitrogens with two attached hydrogens (primary N) is 1. The number of hydrogen-bond donors (Lipinski definition) is 1. The Bertz CT molecular complexity index is 285. The molecule has 0 unspecified atom stereocenters. The lowest BCUT2D eigenvalue weighted by molar-refractivity contribution is 0.221. The Hall–Kier alpha value is -0.990. The Morgan fingerprint density at radius 3 is 2.62 bits per heavy atom. The second-order valence-electron chi connectivity index (χ2n) is 4.06. The van der Waals surface area contributed by atoms with Gasteiger partial charge in [-0.05, 0) is 19.3 Å². The fraction of sp³-hybridized carbons (Fsp3) is 0.700. The summed E-state index contributed by atoms with van der Waals surface area (Å²) in [7, 11) is 1.99. The van der Waals surface area contributed by atoms with Gasteiger partial charge in [-0.2, -0.15) is 5.10 Å². The summed E-state index contributed by atoms with van der Waals surface area (Å²) in [5.41, 5.74) is 8.39. The van der Waals surface area contributed by atoms with E-state index in [-0.39, 0.29) is 0 Å². The zero-order chi connectivity index (χ0) is 9.47. The molecule has 0 bridgehead atoms. The maximum Gasteiger partial charge on any atom is 0.0738 e. The number of hydrogen-bond acceptors (Lipinski definition) is 2. The van der Waals surface area contributed by atoms with E-state index in [2.05, 4.69) is 12.0 Å². The van der Waals surface area contributed by atoms with Crippen LogP contribution in [0.2, 0.25) is 0 Å². The van der Waals surface area contributed by atoms with Crippen LogP contribution in [-0.4, -0.2) is 9.78 Å². The van der Waals surface area contributed by atoms with Crippen LogP contribution >= 0.6 is 0 Å². The third-order valence-corrected chi connectivity index (χ3v) is 3.46. The van der Waals surface area contributed by atoms with Crippen molar-refractivity contribution in [3.63, 3.8) is 0 Å². The first-order valence-electron chi connectivity index (χ1n) is 4.97. The molecular weight excluding hydrogens is 162 g/mol. The molecule has 13 heavy (non-hydrogen) atoms. The first-order valence-corrected chi connectivity index (χ1v) is 4.97. The van der Waals surface area contributed by atoms with Gasteiger partial charge in [0.2, 0.25) is 0 Å². The van der Waals surface area contributed by atoms with Gasteiger partial charge in [-0.1, -0.05) is 13.3 Å². The van der Waals surface area contributed by atoms with Gasteiger partial charge < -0.3 is 5.73 Å². The molecule has 1 aromatic heterocycles. The maximum absolute atomic E-state index is 5.93. The molecule has 0 saturated heterocycles. The Balaban J connectivity index is 2.43. The molecule has 0 spiro atoms. The molecule has 0 aliphatic heterocycles. The van der Waals surface area contributed by atoms with Gasteiger partial charge in [-0.3, -0.25) is 4.68 Å². The van der Waals surface area contributed by atoms with Crippen molar-refractivity contribution in [3.05, 3.63) is 11.9 Å². The minimum Gasteiger partial charge on any atom is -0.396 e. The monoisotopic (exact) mass is 179 g/mol. The number of anilines is 1. The average Bonchev–Trinajstić information content (AvgIpc) is 2.35. The molecule has 3 heteroatoms. The Morgan fingerprint density at radius 1 is 1.62 bits per heavy atom. The van der Waals surface area contributed by atoms with E-state index < -0.39 is 0 Å². The number of aryl methyl sites for hydroxylation is 1. The number of rotatable bonds is 2. The highest BCUT2D eigenvalue weighted by atomic mass is 15.3. The van der Waals surface area contributed by atoms with Crippen LogP contribution in [0.25, 0.3) is 0 Å². The molecule has 1 fully saturated rings. The number of aromatic nitrogens is 2. The van der Waals surface area contributed by atoms with E-state index in [0.29, 0.717) is 5.41 Å². The van der Waals surface area contributed by atoms with Gasteiger partial charge >= 0.3 is 0 Å². The molecule has 1 aromatic rings. The molecule has 0 atom stereocenters. The van der Waals surface area contributed by atoms with Crippen LogP contribution < -0.4 is 5.73 Å². The SMILES string of the molecule is CCC1(c2c(N)cnn2C)CCC1. The first kappa shape index (κ1) is 8.60. The van der Waals surface area contributed by atoms with Crippen molar-refractivity contribution >= 4 is 5.69 Å². The molecule has 1 aliphatic rings. The van der Waals surface area contributed by atoms with E-state index in [1.165, 1.54) is 31.4 Å². The van der Waals surface area contributed by atoms with E-state index in [9.17, 15) is 0 Å². The molecule has 1 heterocycles. The standard InChI is InChI=1S/C10H17N3/c1-3-10(5-4-6-10)9-8(11)7-12-13(9)2/h7H,3-6,11H2,1-2H3. The zero-order valence-electron chi connectivity index (χ0n) is 8.38. The van der Waals surface area contributed by atoms with Crippen molar-refractivity contribution in [3.8, 4) is 0 Å². The zero-order valence-corrected chi connectivity index (χ0v) is 8.38. The third-order valence-electron chi connectivity index (χ3n) is 3.46. The number of nitrogens with zero attached hydrogens (tertiary/aromatic N) is 2. The predicted molar refractivity (Wildman–Crippen MR) is 53.4 cm³/mol. The predicted octanol–water partition coefficient (Wildman–Crippen LogP) is 1.83.